The summed E-state index contributed by atoms with van der Waals surface area (Å²) in [6.07, 6.45) is 7.30. The summed E-state index contributed by atoms with van der Waals surface area (Å²) in [5.41, 5.74) is 4.99. The summed E-state index contributed by atoms with van der Waals surface area (Å²) in [4.78, 5) is 0. The predicted octanol–water partition coefficient (Wildman–Crippen LogP) is 6.08. The Bertz CT molecular complexity index is 958. The van der Waals surface area contributed by atoms with Crippen LogP contribution >= 0.6 is 0 Å². The molecule has 2 aliphatic rings. The Labute approximate surface area is 159 Å². The topological polar surface area (TPSA) is 28.7 Å². The van der Waals surface area contributed by atoms with Gasteiger partial charge in [0.2, 0.25) is 0 Å². The third kappa shape index (κ3) is 2.99. The van der Waals surface area contributed by atoms with Crippen LogP contribution in [0, 0.1) is 5.92 Å². The zero-order valence-corrected chi connectivity index (χ0v) is 15.2. The number of rotatable bonds is 3. The van der Waals surface area contributed by atoms with Gasteiger partial charge < -0.3 is 4.42 Å². The fraction of sp³-hybridized carbons (Fsp3) is 0.208. The van der Waals surface area contributed by atoms with E-state index >= 15 is 0 Å². The number of hydrazone groups is 1. The van der Waals surface area contributed by atoms with Crippen molar-refractivity contribution in [1.29, 1.82) is 0 Å². The van der Waals surface area contributed by atoms with Gasteiger partial charge in [0.15, 0.2) is 0 Å². The van der Waals surface area contributed by atoms with Crippen LogP contribution in [0.15, 0.2) is 94.2 Å². The number of nitrogens with zero attached hydrogens (tertiary/aromatic N) is 2. The Kier molecular flexibility index (Phi) is 4.13. The highest BCUT2D eigenvalue weighted by molar-refractivity contribution is 6.08. The van der Waals surface area contributed by atoms with Gasteiger partial charge in [0.1, 0.15) is 5.76 Å². The van der Waals surface area contributed by atoms with Crippen molar-refractivity contribution in [3.63, 3.8) is 0 Å². The molecule has 0 bridgehead atoms. The molecule has 1 saturated carbocycles. The Morgan fingerprint density at radius 1 is 0.926 bits per heavy atom. The summed E-state index contributed by atoms with van der Waals surface area (Å²) in [6, 6.07) is 25.5. The smallest absolute Gasteiger partial charge is 0.126 e. The number of anilines is 1. The lowest BCUT2D eigenvalue weighted by Gasteiger charge is -2.30. The van der Waals surface area contributed by atoms with Gasteiger partial charge in [0, 0.05) is 5.92 Å². The summed E-state index contributed by atoms with van der Waals surface area (Å²) in [7, 11) is 0. The zero-order valence-electron chi connectivity index (χ0n) is 15.2. The van der Waals surface area contributed by atoms with Gasteiger partial charge in [-0.2, -0.15) is 5.10 Å². The first-order valence-corrected chi connectivity index (χ1v) is 9.62. The summed E-state index contributed by atoms with van der Waals surface area (Å²) in [5.74, 6) is 1.31. The van der Waals surface area contributed by atoms with E-state index in [1.807, 2.05) is 12.1 Å². The van der Waals surface area contributed by atoms with Crippen molar-refractivity contribution in [3.05, 3.63) is 96.0 Å². The molecule has 1 fully saturated rings. The normalized spacial score (nSPS) is 23.3. The SMILES string of the molecule is C(=C1CCCC2C1=NN(c1ccccc1)C2c1ccccc1)c1ccco1. The number of para-hydroxylation sites is 1. The molecule has 1 aliphatic heterocycles. The van der Waals surface area contributed by atoms with Crippen LogP contribution in [0.4, 0.5) is 5.69 Å². The summed E-state index contributed by atoms with van der Waals surface area (Å²) in [5, 5.41) is 7.36. The van der Waals surface area contributed by atoms with E-state index in [2.05, 4.69) is 71.7 Å². The molecule has 0 N–H and O–H groups in total. The van der Waals surface area contributed by atoms with E-state index in [-0.39, 0.29) is 6.04 Å². The van der Waals surface area contributed by atoms with Gasteiger partial charge in [-0.15, -0.1) is 0 Å². The number of benzene rings is 2. The fourth-order valence-corrected chi connectivity index (χ4v) is 4.32. The second kappa shape index (κ2) is 6.92. The molecule has 1 aliphatic carbocycles. The minimum absolute atomic E-state index is 0.240. The molecular formula is C24H22N2O. The van der Waals surface area contributed by atoms with Gasteiger partial charge in [0.25, 0.3) is 0 Å². The number of allylic oxidation sites excluding steroid dienone is 1. The van der Waals surface area contributed by atoms with Gasteiger partial charge in [-0.3, -0.25) is 5.01 Å². The fourth-order valence-electron chi connectivity index (χ4n) is 4.32. The predicted molar refractivity (Wildman–Crippen MR) is 110 cm³/mol. The van der Waals surface area contributed by atoms with Crippen LogP contribution < -0.4 is 5.01 Å². The summed E-state index contributed by atoms with van der Waals surface area (Å²) >= 11 is 0. The number of hydrogen-bond donors (Lipinski definition) is 0. The lowest BCUT2D eigenvalue weighted by Crippen LogP contribution is -2.27. The summed E-state index contributed by atoms with van der Waals surface area (Å²) < 4.78 is 5.56. The van der Waals surface area contributed by atoms with E-state index in [1.165, 1.54) is 23.3 Å². The van der Waals surface area contributed by atoms with Crippen LogP contribution in [0.2, 0.25) is 0 Å². The number of hydrogen-bond acceptors (Lipinski definition) is 3. The highest BCUT2D eigenvalue weighted by atomic mass is 16.3. The molecule has 134 valence electrons. The van der Waals surface area contributed by atoms with Gasteiger partial charge in [-0.05, 0) is 60.7 Å². The number of fused-ring (bicyclic) bond motifs is 1. The average molecular weight is 354 g/mol. The second-order valence-electron chi connectivity index (χ2n) is 7.20. The Morgan fingerprint density at radius 3 is 2.44 bits per heavy atom. The molecule has 2 heterocycles. The first-order valence-electron chi connectivity index (χ1n) is 9.62. The van der Waals surface area contributed by atoms with Gasteiger partial charge in [0.05, 0.1) is 23.7 Å². The third-order valence-corrected chi connectivity index (χ3v) is 5.52. The van der Waals surface area contributed by atoms with E-state index in [9.17, 15) is 0 Å². The quantitative estimate of drug-likeness (QED) is 0.570. The van der Waals surface area contributed by atoms with E-state index in [4.69, 9.17) is 9.52 Å². The van der Waals surface area contributed by atoms with Crippen molar-refractivity contribution in [3.8, 4) is 0 Å². The standard InChI is InChI=1S/C24H22N2O/c1-3-9-18(10-4-1)24-22-15-7-11-19(17-21-14-8-16-27-21)23(22)25-26(24)20-12-5-2-6-13-20/h1-6,8-10,12-14,16-17,22,24H,7,11,15H2. The molecule has 0 amide bonds. The first-order chi connectivity index (χ1) is 13.4. The molecule has 0 spiro atoms. The Hall–Kier alpha value is -3.07. The molecule has 3 aromatic rings. The maximum atomic E-state index is 5.56. The van der Waals surface area contributed by atoms with Gasteiger partial charge >= 0.3 is 0 Å². The van der Waals surface area contributed by atoms with Crippen LogP contribution in [-0.2, 0) is 0 Å². The maximum absolute atomic E-state index is 5.56. The van der Waals surface area contributed by atoms with Crippen molar-refractivity contribution in [2.75, 3.05) is 5.01 Å². The van der Waals surface area contributed by atoms with Crippen LogP contribution in [0.1, 0.15) is 36.6 Å². The summed E-state index contributed by atoms with van der Waals surface area (Å²) in [6.45, 7) is 0. The van der Waals surface area contributed by atoms with E-state index < -0.39 is 0 Å². The molecule has 1 aromatic heterocycles. The van der Waals surface area contributed by atoms with E-state index in [1.54, 1.807) is 6.26 Å². The molecule has 2 unspecified atom stereocenters. The second-order valence-corrected chi connectivity index (χ2v) is 7.20. The molecule has 27 heavy (non-hydrogen) atoms. The molecule has 0 radical (unpaired) electrons. The van der Waals surface area contributed by atoms with E-state index in [0.717, 1.165) is 24.3 Å². The van der Waals surface area contributed by atoms with Crippen molar-refractivity contribution in [2.24, 2.45) is 11.0 Å². The first kappa shape index (κ1) is 16.1. The van der Waals surface area contributed by atoms with Crippen molar-refractivity contribution in [2.45, 2.75) is 25.3 Å². The molecule has 3 heteroatoms. The average Bonchev–Trinajstić information content (AvgIpc) is 3.37. The Morgan fingerprint density at radius 2 is 1.70 bits per heavy atom. The highest BCUT2D eigenvalue weighted by Crippen LogP contribution is 2.46. The Balaban J connectivity index is 1.60. The van der Waals surface area contributed by atoms with Crippen molar-refractivity contribution >= 4 is 17.5 Å². The van der Waals surface area contributed by atoms with Crippen molar-refractivity contribution < 1.29 is 4.42 Å². The minimum Gasteiger partial charge on any atom is -0.465 e. The monoisotopic (exact) mass is 354 g/mol. The van der Waals surface area contributed by atoms with Crippen LogP contribution in [0.3, 0.4) is 0 Å². The van der Waals surface area contributed by atoms with Gasteiger partial charge in [-0.25, -0.2) is 0 Å². The zero-order chi connectivity index (χ0) is 18.1. The van der Waals surface area contributed by atoms with Crippen LogP contribution in [0.5, 0.6) is 0 Å². The lowest BCUT2D eigenvalue weighted by molar-refractivity contribution is 0.487. The lowest BCUT2D eigenvalue weighted by atomic mass is 9.77. The molecule has 3 nitrogen and oxygen atoms in total. The largest absolute Gasteiger partial charge is 0.465 e. The molecule has 2 atom stereocenters. The molecule has 2 aromatic carbocycles. The number of furan rings is 1. The van der Waals surface area contributed by atoms with Gasteiger partial charge in [-0.1, -0.05) is 48.5 Å². The molecule has 5 rings (SSSR count). The highest BCUT2D eigenvalue weighted by Gasteiger charge is 2.41. The van der Waals surface area contributed by atoms with Crippen LogP contribution in [0.25, 0.3) is 6.08 Å². The maximum Gasteiger partial charge on any atom is 0.126 e. The molecular weight excluding hydrogens is 332 g/mol. The third-order valence-electron chi connectivity index (χ3n) is 5.52. The van der Waals surface area contributed by atoms with Crippen LogP contribution in [-0.4, -0.2) is 5.71 Å². The van der Waals surface area contributed by atoms with E-state index in [0.29, 0.717) is 5.92 Å². The van der Waals surface area contributed by atoms with Crippen molar-refractivity contribution in [1.82, 2.24) is 0 Å². The molecule has 0 saturated heterocycles. The minimum atomic E-state index is 0.240.